The number of amides is 1. The van der Waals surface area contributed by atoms with Crippen molar-refractivity contribution in [2.45, 2.75) is 38.4 Å². The van der Waals surface area contributed by atoms with E-state index in [1.807, 2.05) is 89.9 Å². The van der Waals surface area contributed by atoms with Crippen LogP contribution in [-0.2, 0) is 11.2 Å². The topological polar surface area (TPSA) is 56.0 Å². The normalized spacial score (nSPS) is 11.1. The van der Waals surface area contributed by atoms with Gasteiger partial charge in [-0.15, -0.1) is 10.2 Å². The predicted octanol–water partition coefficient (Wildman–Crippen LogP) is 3.49. The Morgan fingerprint density at radius 3 is 2.42 bits per heavy atom. The van der Waals surface area contributed by atoms with Crippen LogP contribution in [0.25, 0.3) is 0 Å². The zero-order valence-electron chi connectivity index (χ0n) is 15.2. The number of para-hydroxylation sites is 1. The Bertz CT molecular complexity index is 842. The van der Waals surface area contributed by atoms with E-state index in [0.717, 1.165) is 17.9 Å². The van der Waals surface area contributed by atoms with Gasteiger partial charge in [0.1, 0.15) is 0 Å². The number of aromatic nitrogens is 4. The minimum absolute atomic E-state index is 0.0521. The number of benzene rings is 1. The Morgan fingerprint density at radius 1 is 1.12 bits per heavy atom. The molecular weight excluding hydrogens is 346 g/mol. The molecule has 26 heavy (non-hydrogen) atoms. The van der Waals surface area contributed by atoms with Gasteiger partial charge in [-0.2, -0.15) is 0 Å². The molecule has 1 amide bonds. The summed E-state index contributed by atoms with van der Waals surface area (Å²) < 4.78 is 3.88. The van der Waals surface area contributed by atoms with Crippen molar-refractivity contribution in [3.63, 3.8) is 0 Å². The highest BCUT2D eigenvalue weighted by Crippen LogP contribution is 2.22. The lowest BCUT2D eigenvalue weighted by atomic mass is 10.2. The molecule has 0 fully saturated rings. The first-order valence-corrected chi connectivity index (χ1v) is 9.68. The first kappa shape index (κ1) is 18.3. The van der Waals surface area contributed by atoms with E-state index in [1.54, 1.807) is 0 Å². The number of rotatable bonds is 7. The molecule has 1 aromatic carbocycles. The van der Waals surface area contributed by atoms with Crippen LogP contribution in [0.4, 0.5) is 5.69 Å². The Morgan fingerprint density at radius 2 is 1.81 bits per heavy atom. The van der Waals surface area contributed by atoms with E-state index in [1.165, 1.54) is 11.8 Å². The molecule has 0 N–H and O–H groups in total. The second kappa shape index (κ2) is 8.23. The van der Waals surface area contributed by atoms with Crippen molar-refractivity contribution >= 4 is 23.4 Å². The number of nitrogens with zero attached hydrogens (tertiary/aromatic N) is 5. The predicted molar refractivity (Wildman–Crippen MR) is 104 cm³/mol. The Labute approximate surface area is 157 Å². The summed E-state index contributed by atoms with van der Waals surface area (Å²) in [5.41, 5.74) is 0.911. The van der Waals surface area contributed by atoms with Crippen LogP contribution in [-0.4, -0.2) is 37.3 Å². The van der Waals surface area contributed by atoms with Gasteiger partial charge < -0.3 is 4.90 Å². The highest BCUT2D eigenvalue weighted by atomic mass is 32.2. The van der Waals surface area contributed by atoms with Crippen LogP contribution in [0.15, 0.2) is 60.0 Å². The summed E-state index contributed by atoms with van der Waals surface area (Å²) in [5, 5.41) is 9.24. The molecule has 0 radical (unpaired) electrons. The molecule has 3 aromatic rings. The van der Waals surface area contributed by atoms with Gasteiger partial charge in [-0.25, -0.2) is 4.68 Å². The molecule has 136 valence electrons. The molecule has 3 rings (SSSR count). The van der Waals surface area contributed by atoms with E-state index < -0.39 is 0 Å². The molecule has 0 aliphatic heterocycles. The van der Waals surface area contributed by atoms with Crippen molar-refractivity contribution in [3.05, 3.63) is 60.7 Å². The maximum atomic E-state index is 12.9. The first-order valence-electron chi connectivity index (χ1n) is 8.69. The minimum Gasteiger partial charge on any atom is -0.309 e. The molecule has 2 aromatic heterocycles. The summed E-state index contributed by atoms with van der Waals surface area (Å²) in [6.45, 7) is 6.08. The van der Waals surface area contributed by atoms with Gasteiger partial charge in [0.2, 0.25) is 11.1 Å². The Kier molecular flexibility index (Phi) is 5.78. The van der Waals surface area contributed by atoms with E-state index in [-0.39, 0.29) is 11.9 Å². The molecule has 0 aliphatic rings. The third-order valence-corrected chi connectivity index (χ3v) is 4.86. The van der Waals surface area contributed by atoms with Crippen molar-refractivity contribution in [3.8, 4) is 0 Å². The van der Waals surface area contributed by atoms with Gasteiger partial charge in [0.15, 0.2) is 5.82 Å². The summed E-state index contributed by atoms with van der Waals surface area (Å²) in [5.74, 6) is 1.21. The molecule has 0 unspecified atom stereocenters. The van der Waals surface area contributed by atoms with Gasteiger partial charge in [0.25, 0.3) is 0 Å². The number of anilines is 1. The smallest absolute Gasteiger partial charge is 0.237 e. The van der Waals surface area contributed by atoms with Crippen LogP contribution in [0.5, 0.6) is 0 Å². The number of carbonyl (C=O) groups excluding carboxylic acids is 1. The van der Waals surface area contributed by atoms with Crippen molar-refractivity contribution in [2.24, 2.45) is 0 Å². The van der Waals surface area contributed by atoms with Crippen LogP contribution < -0.4 is 4.90 Å². The van der Waals surface area contributed by atoms with Gasteiger partial charge in [0, 0.05) is 30.5 Å². The maximum Gasteiger partial charge on any atom is 0.237 e. The SMILES string of the molecule is CCc1nnc(SCC(=O)N(c2ccccc2)C(C)C)n1-n1cccc1. The average molecular weight is 369 g/mol. The quantitative estimate of drug-likeness (QED) is 0.598. The fraction of sp³-hybridized carbons (Fsp3) is 0.316. The van der Waals surface area contributed by atoms with Crippen molar-refractivity contribution in [1.82, 2.24) is 19.5 Å². The first-order chi connectivity index (χ1) is 12.6. The van der Waals surface area contributed by atoms with Crippen LogP contribution in [0.1, 0.15) is 26.6 Å². The summed E-state index contributed by atoms with van der Waals surface area (Å²) in [4.78, 5) is 14.7. The number of thioether (sulfide) groups is 1. The summed E-state index contributed by atoms with van der Waals surface area (Å²) in [7, 11) is 0. The zero-order chi connectivity index (χ0) is 18.5. The number of carbonyl (C=O) groups is 1. The summed E-state index contributed by atoms with van der Waals surface area (Å²) >= 11 is 1.41. The van der Waals surface area contributed by atoms with E-state index in [4.69, 9.17) is 0 Å². The summed E-state index contributed by atoms with van der Waals surface area (Å²) in [6.07, 6.45) is 4.65. The van der Waals surface area contributed by atoms with Crippen molar-refractivity contribution < 1.29 is 4.79 Å². The molecule has 0 saturated carbocycles. The summed E-state index contributed by atoms with van der Waals surface area (Å²) in [6, 6.07) is 13.7. The highest BCUT2D eigenvalue weighted by molar-refractivity contribution is 7.99. The van der Waals surface area contributed by atoms with Crippen molar-refractivity contribution in [2.75, 3.05) is 10.7 Å². The van der Waals surface area contributed by atoms with E-state index >= 15 is 0 Å². The number of hydrogen-bond acceptors (Lipinski definition) is 4. The highest BCUT2D eigenvalue weighted by Gasteiger charge is 2.21. The zero-order valence-corrected chi connectivity index (χ0v) is 16.1. The third kappa shape index (κ3) is 3.83. The molecule has 0 saturated heterocycles. The van der Waals surface area contributed by atoms with Crippen LogP contribution in [0, 0.1) is 0 Å². The Balaban J connectivity index is 1.78. The van der Waals surface area contributed by atoms with E-state index in [2.05, 4.69) is 10.2 Å². The minimum atomic E-state index is 0.0521. The fourth-order valence-electron chi connectivity index (χ4n) is 2.81. The average Bonchev–Trinajstić information content (AvgIpc) is 3.29. The molecule has 0 aliphatic carbocycles. The molecule has 0 atom stereocenters. The second-order valence-corrected chi connectivity index (χ2v) is 7.05. The molecule has 6 nitrogen and oxygen atoms in total. The molecular formula is C19H23N5OS. The lowest BCUT2D eigenvalue weighted by molar-refractivity contribution is -0.116. The molecule has 7 heteroatoms. The molecule has 0 bridgehead atoms. The maximum absolute atomic E-state index is 12.9. The van der Waals surface area contributed by atoms with Crippen LogP contribution in [0.2, 0.25) is 0 Å². The molecule has 2 heterocycles. The molecule has 0 spiro atoms. The van der Waals surface area contributed by atoms with E-state index in [9.17, 15) is 4.79 Å². The van der Waals surface area contributed by atoms with Gasteiger partial charge >= 0.3 is 0 Å². The Hall–Kier alpha value is -2.54. The van der Waals surface area contributed by atoms with Crippen LogP contribution >= 0.6 is 11.8 Å². The second-order valence-electron chi connectivity index (χ2n) is 6.11. The number of aryl methyl sites for hydroxylation is 1. The monoisotopic (exact) mass is 369 g/mol. The van der Waals surface area contributed by atoms with Gasteiger partial charge in [0.05, 0.1) is 5.75 Å². The van der Waals surface area contributed by atoms with Crippen LogP contribution in [0.3, 0.4) is 0 Å². The van der Waals surface area contributed by atoms with E-state index in [0.29, 0.717) is 10.9 Å². The van der Waals surface area contributed by atoms with Gasteiger partial charge in [-0.05, 0) is 38.1 Å². The fourth-order valence-corrected chi connectivity index (χ4v) is 3.62. The lowest BCUT2D eigenvalue weighted by Gasteiger charge is -2.26. The third-order valence-electron chi connectivity index (χ3n) is 3.96. The number of hydrogen-bond donors (Lipinski definition) is 0. The van der Waals surface area contributed by atoms with Gasteiger partial charge in [-0.1, -0.05) is 36.9 Å². The van der Waals surface area contributed by atoms with Gasteiger partial charge in [-0.3, -0.25) is 9.47 Å². The standard InChI is InChI=1S/C19H23N5OS/c1-4-17-20-21-19(24(17)22-12-8-9-13-22)26-14-18(25)23(15(2)3)16-10-6-5-7-11-16/h5-13,15H,4,14H2,1-3H3. The largest absolute Gasteiger partial charge is 0.309 e. The lowest BCUT2D eigenvalue weighted by Crippen LogP contribution is -2.38. The van der Waals surface area contributed by atoms with Crippen molar-refractivity contribution in [1.29, 1.82) is 0 Å².